The van der Waals surface area contributed by atoms with Crippen LogP contribution in [0.15, 0.2) is 0 Å². The second-order valence-corrected chi connectivity index (χ2v) is 4.49. The predicted molar refractivity (Wildman–Crippen MR) is 69.2 cm³/mol. The van der Waals surface area contributed by atoms with Crippen LogP contribution in [0.1, 0.15) is 23.3 Å². The maximum Gasteiger partial charge on any atom is 0.273 e. The van der Waals surface area contributed by atoms with Gasteiger partial charge in [-0.1, -0.05) is 11.6 Å². The number of hydrogen-bond donors (Lipinski definition) is 4. The van der Waals surface area contributed by atoms with Gasteiger partial charge in [0.25, 0.3) is 5.91 Å². The summed E-state index contributed by atoms with van der Waals surface area (Å²) in [5, 5.41) is 6.00. The molecule has 1 saturated heterocycles. The standard InChI is InChI=1S/C10H15ClN6O/c11-7-9(13)17-8(12)6(16-7)10(18)15-4-5-2-1-3-14-5/h5,14H,1-4H2,(H,15,18)(H4,12,13,17)/t5-/m0/s1. The molecule has 0 bridgehead atoms. The van der Waals surface area contributed by atoms with Crippen molar-refractivity contribution >= 4 is 29.1 Å². The number of anilines is 2. The number of carbonyl (C=O) groups is 1. The molecular formula is C10H15ClN6O. The maximum absolute atomic E-state index is 11.9. The summed E-state index contributed by atoms with van der Waals surface area (Å²) in [6, 6.07) is 0.299. The van der Waals surface area contributed by atoms with Crippen LogP contribution in [-0.4, -0.2) is 35.0 Å². The Labute approximate surface area is 109 Å². The number of halogens is 1. The molecule has 1 aliphatic heterocycles. The Bertz CT molecular complexity index is 460. The van der Waals surface area contributed by atoms with Crippen molar-refractivity contribution in [1.82, 2.24) is 20.6 Å². The number of rotatable bonds is 3. The van der Waals surface area contributed by atoms with Crippen LogP contribution in [0.5, 0.6) is 0 Å². The van der Waals surface area contributed by atoms with Crippen molar-refractivity contribution in [2.75, 3.05) is 24.6 Å². The molecule has 0 aliphatic carbocycles. The first kappa shape index (κ1) is 12.8. The number of amides is 1. The van der Waals surface area contributed by atoms with E-state index in [4.69, 9.17) is 23.1 Å². The Morgan fingerprint density at radius 2 is 2.22 bits per heavy atom. The average molecular weight is 271 g/mol. The van der Waals surface area contributed by atoms with Gasteiger partial charge in [-0.2, -0.15) is 0 Å². The van der Waals surface area contributed by atoms with E-state index in [9.17, 15) is 4.79 Å². The molecule has 1 amide bonds. The van der Waals surface area contributed by atoms with E-state index >= 15 is 0 Å². The smallest absolute Gasteiger partial charge is 0.273 e. The Kier molecular flexibility index (Phi) is 3.83. The molecule has 6 N–H and O–H groups in total. The van der Waals surface area contributed by atoms with E-state index in [2.05, 4.69) is 20.6 Å². The Hall–Kier alpha value is -1.60. The Morgan fingerprint density at radius 1 is 1.44 bits per heavy atom. The Balaban J connectivity index is 2.01. The van der Waals surface area contributed by atoms with Crippen molar-refractivity contribution in [3.05, 3.63) is 10.8 Å². The molecule has 1 atom stereocenters. The van der Waals surface area contributed by atoms with E-state index < -0.39 is 5.91 Å². The second kappa shape index (κ2) is 5.36. The third-order valence-corrected chi connectivity index (χ3v) is 3.07. The number of aromatic nitrogens is 2. The molecule has 0 spiro atoms. The van der Waals surface area contributed by atoms with Gasteiger partial charge >= 0.3 is 0 Å². The minimum atomic E-state index is -0.393. The first-order valence-corrected chi connectivity index (χ1v) is 6.06. The van der Waals surface area contributed by atoms with Crippen molar-refractivity contribution in [3.63, 3.8) is 0 Å². The summed E-state index contributed by atoms with van der Waals surface area (Å²) < 4.78 is 0. The van der Waals surface area contributed by atoms with Crippen LogP contribution in [0, 0.1) is 0 Å². The lowest BCUT2D eigenvalue weighted by atomic mass is 10.2. The van der Waals surface area contributed by atoms with Gasteiger partial charge in [0.15, 0.2) is 22.5 Å². The van der Waals surface area contributed by atoms with E-state index in [0.717, 1.165) is 19.4 Å². The van der Waals surface area contributed by atoms with Gasteiger partial charge in [0.2, 0.25) is 0 Å². The zero-order valence-corrected chi connectivity index (χ0v) is 10.5. The third-order valence-electron chi connectivity index (χ3n) is 2.79. The highest BCUT2D eigenvalue weighted by Crippen LogP contribution is 2.17. The van der Waals surface area contributed by atoms with Gasteiger partial charge in [0.1, 0.15) is 0 Å². The monoisotopic (exact) mass is 270 g/mol. The lowest BCUT2D eigenvalue weighted by Gasteiger charge is -2.12. The van der Waals surface area contributed by atoms with Crippen molar-refractivity contribution in [3.8, 4) is 0 Å². The zero-order valence-electron chi connectivity index (χ0n) is 9.74. The van der Waals surface area contributed by atoms with Crippen molar-refractivity contribution in [1.29, 1.82) is 0 Å². The van der Waals surface area contributed by atoms with Crippen LogP contribution < -0.4 is 22.1 Å². The van der Waals surface area contributed by atoms with Crippen molar-refractivity contribution < 1.29 is 4.79 Å². The predicted octanol–water partition coefficient (Wildman–Crippen LogP) is -0.224. The fourth-order valence-corrected chi connectivity index (χ4v) is 1.97. The minimum absolute atomic E-state index is 0.00666. The van der Waals surface area contributed by atoms with Gasteiger partial charge in [-0.15, -0.1) is 0 Å². The highest BCUT2D eigenvalue weighted by Gasteiger charge is 2.18. The molecule has 8 heteroatoms. The summed E-state index contributed by atoms with van der Waals surface area (Å²) in [5.41, 5.74) is 11.0. The van der Waals surface area contributed by atoms with Crippen molar-refractivity contribution in [2.24, 2.45) is 0 Å². The molecule has 7 nitrogen and oxygen atoms in total. The lowest BCUT2D eigenvalue weighted by molar-refractivity contribution is 0.0946. The van der Waals surface area contributed by atoms with Gasteiger partial charge < -0.3 is 22.1 Å². The van der Waals surface area contributed by atoms with Crippen LogP contribution in [0.4, 0.5) is 11.6 Å². The number of hydrogen-bond acceptors (Lipinski definition) is 6. The van der Waals surface area contributed by atoms with E-state index in [-0.39, 0.29) is 22.5 Å². The van der Waals surface area contributed by atoms with Gasteiger partial charge in [0, 0.05) is 12.6 Å². The summed E-state index contributed by atoms with van der Waals surface area (Å²) in [4.78, 5) is 19.5. The fourth-order valence-electron chi connectivity index (χ4n) is 1.84. The molecule has 1 aromatic rings. The van der Waals surface area contributed by atoms with E-state index in [1.165, 1.54) is 0 Å². The van der Waals surface area contributed by atoms with Crippen molar-refractivity contribution in [2.45, 2.75) is 18.9 Å². The lowest BCUT2D eigenvalue weighted by Crippen LogP contribution is -2.37. The first-order valence-electron chi connectivity index (χ1n) is 5.68. The number of nitrogens with zero attached hydrogens (tertiary/aromatic N) is 2. The third kappa shape index (κ3) is 2.80. The van der Waals surface area contributed by atoms with Gasteiger partial charge in [-0.25, -0.2) is 9.97 Å². The minimum Gasteiger partial charge on any atom is -0.382 e. The molecule has 1 aliphatic rings. The fraction of sp³-hybridized carbons (Fsp3) is 0.500. The molecule has 2 rings (SSSR count). The largest absolute Gasteiger partial charge is 0.382 e. The summed E-state index contributed by atoms with van der Waals surface area (Å²) in [5.74, 6) is -0.396. The quantitative estimate of drug-likeness (QED) is 0.603. The Morgan fingerprint density at radius 3 is 2.89 bits per heavy atom. The van der Waals surface area contributed by atoms with Gasteiger partial charge in [-0.05, 0) is 19.4 Å². The molecule has 0 saturated carbocycles. The summed E-state index contributed by atoms with van der Waals surface area (Å²) in [6.07, 6.45) is 2.17. The number of nitrogen functional groups attached to an aromatic ring is 2. The topological polar surface area (TPSA) is 119 Å². The molecule has 1 fully saturated rings. The molecule has 98 valence electrons. The van der Waals surface area contributed by atoms with Gasteiger partial charge in [0.05, 0.1) is 0 Å². The van der Waals surface area contributed by atoms with Crippen LogP contribution in [-0.2, 0) is 0 Å². The average Bonchev–Trinajstić information content (AvgIpc) is 2.84. The van der Waals surface area contributed by atoms with E-state index in [1.807, 2.05) is 0 Å². The molecule has 2 heterocycles. The molecule has 1 aromatic heterocycles. The zero-order chi connectivity index (χ0) is 13.1. The second-order valence-electron chi connectivity index (χ2n) is 4.14. The van der Waals surface area contributed by atoms with Crippen LogP contribution in [0.2, 0.25) is 5.15 Å². The molecule has 18 heavy (non-hydrogen) atoms. The number of nitrogens with one attached hydrogen (secondary N) is 2. The maximum atomic E-state index is 11.9. The molecular weight excluding hydrogens is 256 g/mol. The highest BCUT2D eigenvalue weighted by atomic mass is 35.5. The molecule has 0 aromatic carbocycles. The normalized spacial score (nSPS) is 18.8. The van der Waals surface area contributed by atoms with Gasteiger partial charge in [-0.3, -0.25) is 4.79 Å². The number of carbonyl (C=O) groups excluding carboxylic acids is 1. The summed E-state index contributed by atoms with van der Waals surface area (Å²) >= 11 is 5.71. The summed E-state index contributed by atoms with van der Waals surface area (Å²) in [6.45, 7) is 1.51. The first-order chi connectivity index (χ1) is 8.58. The van der Waals surface area contributed by atoms with E-state index in [1.54, 1.807) is 0 Å². The highest BCUT2D eigenvalue weighted by molar-refractivity contribution is 6.31. The molecule has 0 unspecified atom stereocenters. The molecule has 0 radical (unpaired) electrons. The number of nitrogens with two attached hydrogens (primary N) is 2. The van der Waals surface area contributed by atoms with Crippen LogP contribution in [0.3, 0.4) is 0 Å². The van der Waals surface area contributed by atoms with E-state index in [0.29, 0.717) is 12.6 Å². The summed E-state index contributed by atoms with van der Waals surface area (Å²) in [7, 11) is 0. The van der Waals surface area contributed by atoms with Crippen LogP contribution in [0.25, 0.3) is 0 Å². The van der Waals surface area contributed by atoms with Crippen LogP contribution >= 0.6 is 11.6 Å². The SMILES string of the molecule is Nc1nc(N)c(C(=O)NC[C@@H]2CCCN2)nc1Cl.